The second-order valence-electron chi connectivity index (χ2n) is 5.95. The molecule has 0 spiro atoms. The number of hydrogen-bond donors (Lipinski definition) is 2. The first-order valence-corrected chi connectivity index (χ1v) is 7.79. The second kappa shape index (κ2) is 7.29. The lowest BCUT2D eigenvalue weighted by atomic mass is 10.0. The molecule has 0 unspecified atom stereocenters. The van der Waals surface area contributed by atoms with Crippen molar-refractivity contribution in [1.82, 2.24) is 25.3 Å². The van der Waals surface area contributed by atoms with Gasteiger partial charge in [-0.05, 0) is 33.1 Å². The van der Waals surface area contributed by atoms with Crippen molar-refractivity contribution in [3.63, 3.8) is 0 Å². The summed E-state index contributed by atoms with van der Waals surface area (Å²) >= 11 is 0. The van der Waals surface area contributed by atoms with E-state index in [4.69, 9.17) is 0 Å². The molecule has 1 saturated heterocycles. The third-order valence-electron chi connectivity index (χ3n) is 4.02. The molecular formula is C15H25N5O2. The minimum absolute atomic E-state index is 0.0104. The Morgan fingerprint density at radius 3 is 2.86 bits per heavy atom. The Morgan fingerprint density at radius 2 is 2.23 bits per heavy atom. The van der Waals surface area contributed by atoms with Gasteiger partial charge in [-0.25, -0.2) is 4.79 Å². The molecule has 1 aliphatic rings. The summed E-state index contributed by atoms with van der Waals surface area (Å²) in [4.78, 5) is 26.1. The summed E-state index contributed by atoms with van der Waals surface area (Å²) < 4.78 is 1.68. The lowest BCUT2D eigenvalue weighted by Gasteiger charge is -2.35. The maximum atomic E-state index is 12.4. The quantitative estimate of drug-likeness (QED) is 0.871. The van der Waals surface area contributed by atoms with Crippen molar-refractivity contribution in [1.29, 1.82) is 0 Å². The second-order valence-corrected chi connectivity index (χ2v) is 5.95. The van der Waals surface area contributed by atoms with Gasteiger partial charge in [0.1, 0.15) is 6.04 Å². The molecule has 2 atom stereocenters. The first-order chi connectivity index (χ1) is 10.5. The van der Waals surface area contributed by atoms with Crippen LogP contribution in [0.1, 0.15) is 38.7 Å². The van der Waals surface area contributed by atoms with Gasteiger partial charge in [0.25, 0.3) is 0 Å². The Bertz CT molecular complexity index is 528. The highest BCUT2D eigenvalue weighted by molar-refractivity contribution is 5.86. The molecule has 2 N–H and O–H groups in total. The SMILES string of the molecule is C[C@H](NC(=O)NCc1cnn(C)c1)C(=O)N1CCCC[C@H]1C. The van der Waals surface area contributed by atoms with Crippen molar-refractivity contribution < 1.29 is 9.59 Å². The number of carbonyl (C=O) groups excluding carboxylic acids is 2. The number of amides is 3. The predicted molar refractivity (Wildman–Crippen MR) is 83.1 cm³/mol. The lowest BCUT2D eigenvalue weighted by Crippen LogP contribution is -2.53. The molecule has 1 aromatic heterocycles. The number of nitrogens with one attached hydrogen (secondary N) is 2. The molecule has 122 valence electrons. The van der Waals surface area contributed by atoms with Gasteiger partial charge in [0.15, 0.2) is 0 Å². The molecule has 1 aliphatic heterocycles. The van der Waals surface area contributed by atoms with Crippen LogP contribution in [-0.2, 0) is 18.4 Å². The van der Waals surface area contributed by atoms with E-state index in [9.17, 15) is 9.59 Å². The van der Waals surface area contributed by atoms with Gasteiger partial charge in [-0.2, -0.15) is 5.10 Å². The van der Waals surface area contributed by atoms with Gasteiger partial charge >= 0.3 is 6.03 Å². The normalized spacial score (nSPS) is 19.6. The van der Waals surface area contributed by atoms with E-state index in [-0.39, 0.29) is 18.0 Å². The fourth-order valence-corrected chi connectivity index (χ4v) is 2.73. The van der Waals surface area contributed by atoms with Gasteiger partial charge in [-0.15, -0.1) is 0 Å². The molecule has 2 heterocycles. The van der Waals surface area contributed by atoms with E-state index in [1.165, 1.54) is 6.42 Å². The number of nitrogens with zero attached hydrogens (tertiary/aromatic N) is 3. The number of carbonyl (C=O) groups is 2. The summed E-state index contributed by atoms with van der Waals surface area (Å²) in [5.41, 5.74) is 0.918. The van der Waals surface area contributed by atoms with Gasteiger partial charge in [0.05, 0.1) is 6.20 Å². The Hall–Kier alpha value is -2.05. The predicted octanol–water partition coefficient (Wildman–Crippen LogP) is 1.01. The maximum absolute atomic E-state index is 12.4. The van der Waals surface area contributed by atoms with Gasteiger partial charge in [-0.1, -0.05) is 0 Å². The molecule has 7 nitrogen and oxygen atoms in total. The highest BCUT2D eigenvalue weighted by Gasteiger charge is 2.27. The molecule has 0 bridgehead atoms. The Labute approximate surface area is 131 Å². The van der Waals surface area contributed by atoms with E-state index in [1.54, 1.807) is 17.8 Å². The summed E-state index contributed by atoms with van der Waals surface area (Å²) in [6, 6.07) is -0.604. The Kier molecular flexibility index (Phi) is 5.41. The van der Waals surface area contributed by atoms with Crippen molar-refractivity contribution in [2.75, 3.05) is 6.54 Å². The van der Waals surface area contributed by atoms with Gasteiger partial charge in [0, 0.05) is 37.9 Å². The fourth-order valence-electron chi connectivity index (χ4n) is 2.73. The Morgan fingerprint density at radius 1 is 1.45 bits per heavy atom. The number of aryl methyl sites for hydroxylation is 1. The zero-order valence-corrected chi connectivity index (χ0v) is 13.5. The first kappa shape index (κ1) is 16.3. The van der Waals surface area contributed by atoms with Crippen molar-refractivity contribution in [2.24, 2.45) is 7.05 Å². The monoisotopic (exact) mass is 307 g/mol. The molecule has 1 aromatic rings. The summed E-state index contributed by atoms with van der Waals surface area (Å²) in [7, 11) is 1.82. The summed E-state index contributed by atoms with van der Waals surface area (Å²) in [6.45, 7) is 4.96. The smallest absolute Gasteiger partial charge is 0.315 e. The average Bonchev–Trinajstić information content (AvgIpc) is 2.90. The van der Waals surface area contributed by atoms with Gasteiger partial charge in [-0.3, -0.25) is 9.48 Å². The maximum Gasteiger partial charge on any atom is 0.315 e. The zero-order chi connectivity index (χ0) is 16.1. The van der Waals surface area contributed by atoms with Crippen LogP contribution in [0.2, 0.25) is 0 Å². The standard InChI is InChI=1S/C15H25N5O2/c1-11-6-4-5-7-20(11)14(21)12(2)18-15(22)16-8-13-9-17-19(3)10-13/h9-12H,4-8H2,1-3H3,(H2,16,18,22)/t11-,12+/m1/s1. The Balaban J connectivity index is 1.78. The molecule has 0 aromatic carbocycles. The molecule has 0 radical (unpaired) electrons. The molecule has 7 heteroatoms. The number of likely N-dealkylation sites (tertiary alicyclic amines) is 1. The third kappa shape index (κ3) is 4.22. The van der Waals surface area contributed by atoms with E-state index in [2.05, 4.69) is 22.7 Å². The van der Waals surface area contributed by atoms with E-state index < -0.39 is 6.04 Å². The van der Waals surface area contributed by atoms with Crippen molar-refractivity contribution >= 4 is 11.9 Å². The minimum atomic E-state index is -0.519. The molecule has 1 fully saturated rings. The van der Waals surface area contributed by atoms with E-state index in [1.807, 2.05) is 18.1 Å². The highest BCUT2D eigenvalue weighted by Crippen LogP contribution is 2.17. The lowest BCUT2D eigenvalue weighted by molar-refractivity contribution is -0.136. The topological polar surface area (TPSA) is 79.3 Å². The van der Waals surface area contributed by atoms with Crippen LogP contribution >= 0.6 is 0 Å². The number of piperidine rings is 1. The summed E-state index contributed by atoms with van der Waals surface area (Å²) in [5, 5.41) is 9.48. The molecule has 3 amide bonds. The van der Waals surface area contributed by atoms with Gasteiger partial charge in [0.2, 0.25) is 5.91 Å². The molecule has 0 aliphatic carbocycles. The zero-order valence-electron chi connectivity index (χ0n) is 13.5. The number of urea groups is 1. The molecule has 22 heavy (non-hydrogen) atoms. The fraction of sp³-hybridized carbons (Fsp3) is 0.667. The largest absolute Gasteiger partial charge is 0.338 e. The van der Waals surface area contributed by atoms with Crippen LogP contribution in [0, 0.1) is 0 Å². The van der Waals surface area contributed by atoms with Crippen molar-refractivity contribution in [3.05, 3.63) is 18.0 Å². The van der Waals surface area contributed by atoms with Crippen LogP contribution in [0.4, 0.5) is 4.79 Å². The van der Waals surface area contributed by atoms with Crippen molar-refractivity contribution in [3.8, 4) is 0 Å². The number of hydrogen-bond acceptors (Lipinski definition) is 3. The minimum Gasteiger partial charge on any atom is -0.338 e. The van der Waals surface area contributed by atoms with Crippen LogP contribution in [0.15, 0.2) is 12.4 Å². The number of rotatable bonds is 4. The molecule has 2 rings (SSSR count). The average molecular weight is 307 g/mol. The molecular weight excluding hydrogens is 282 g/mol. The van der Waals surface area contributed by atoms with Gasteiger partial charge < -0.3 is 15.5 Å². The van der Waals surface area contributed by atoms with Crippen molar-refractivity contribution in [2.45, 2.75) is 51.7 Å². The molecule has 0 saturated carbocycles. The summed E-state index contributed by atoms with van der Waals surface area (Å²) in [6.07, 6.45) is 6.77. The summed E-state index contributed by atoms with van der Waals surface area (Å²) in [5.74, 6) is -0.0104. The van der Waals surface area contributed by atoms with E-state index in [0.717, 1.165) is 24.9 Å². The third-order valence-corrected chi connectivity index (χ3v) is 4.02. The van der Waals surface area contributed by atoms with Crippen LogP contribution in [0.25, 0.3) is 0 Å². The van der Waals surface area contributed by atoms with Crippen LogP contribution in [-0.4, -0.2) is 45.2 Å². The van der Waals surface area contributed by atoms with E-state index in [0.29, 0.717) is 6.54 Å². The highest BCUT2D eigenvalue weighted by atomic mass is 16.2. The van der Waals surface area contributed by atoms with Crippen LogP contribution < -0.4 is 10.6 Å². The van der Waals surface area contributed by atoms with Crippen LogP contribution in [0.3, 0.4) is 0 Å². The van der Waals surface area contributed by atoms with E-state index >= 15 is 0 Å². The first-order valence-electron chi connectivity index (χ1n) is 7.79. The number of aromatic nitrogens is 2. The van der Waals surface area contributed by atoms with Crippen LogP contribution in [0.5, 0.6) is 0 Å².